The molecule has 14 nitrogen and oxygen atoms in total. The molecule has 0 bridgehead atoms. The fourth-order valence-electron chi connectivity index (χ4n) is 1.07. The van der Waals surface area contributed by atoms with Crippen LogP contribution >= 0.6 is 0 Å². The monoisotopic (exact) mass is 351 g/mol. The van der Waals surface area contributed by atoms with E-state index in [1.54, 1.807) is 5.43 Å². The fraction of sp³-hybridized carbons (Fsp3) is 0.600. The molecule has 1 amide bonds. The molecule has 0 rings (SSSR count). The number of carboxylic acid groups (broad SMARTS) is 2. The van der Waals surface area contributed by atoms with Crippen LogP contribution in [-0.4, -0.2) is 57.7 Å². The molecule has 0 spiro atoms. The number of aliphatic imine (C=N–C) groups is 1. The van der Waals surface area contributed by atoms with Crippen LogP contribution in [-0.2, 0) is 14.4 Å². The van der Waals surface area contributed by atoms with Crippen molar-refractivity contribution < 1.29 is 29.6 Å². The standard InChI is InChI=1S/C6H13N5O4.C4H8N2O3/c7-4(5(12)13)2-1-3-9-6(8)10-11(14)15;5-2(4(8)9)1-3(6)7/h4H,1-3,7H2,(H,12,13)(H3,8,9,10);2H,1,5H2,(H2,6,7)(H,8,9)/t4-;2-/m01/s1. The second-order valence-electron chi connectivity index (χ2n) is 4.34. The molecular formula is C10H21N7O7. The van der Waals surface area contributed by atoms with Crippen LogP contribution in [0.1, 0.15) is 19.3 Å². The molecule has 0 saturated carbocycles. The van der Waals surface area contributed by atoms with Gasteiger partial charge in [-0.2, -0.15) is 0 Å². The van der Waals surface area contributed by atoms with Crippen LogP contribution in [0.25, 0.3) is 0 Å². The first-order chi connectivity index (χ1) is 11.0. The van der Waals surface area contributed by atoms with Crippen LogP contribution in [0, 0.1) is 10.1 Å². The number of carbonyl (C=O) groups excluding carboxylic acids is 1. The number of carboxylic acids is 2. The van der Waals surface area contributed by atoms with Crippen LogP contribution in [0.5, 0.6) is 0 Å². The van der Waals surface area contributed by atoms with Gasteiger partial charge in [0.25, 0.3) is 5.96 Å². The first-order valence-electron chi connectivity index (χ1n) is 6.43. The van der Waals surface area contributed by atoms with Gasteiger partial charge in [-0.3, -0.25) is 14.4 Å². The Kier molecular flexibility index (Phi) is 12.2. The summed E-state index contributed by atoms with van der Waals surface area (Å²) in [4.78, 5) is 43.6. The maximum Gasteiger partial charge on any atom is 0.321 e. The minimum atomic E-state index is -1.21. The van der Waals surface area contributed by atoms with Crippen molar-refractivity contribution >= 4 is 23.8 Å². The van der Waals surface area contributed by atoms with Gasteiger partial charge in [-0.15, -0.1) is 0 Å². The number of nitrogens with one attached hydrogen (secondary N) is 1. The topological polar surface area (TPSA) is 263 Å². The lowest BCUT2D eigenvalue weighted by Gasteiger charge is -2.03. The number of nitro groups is 1. The second kappa shape index (κ2) is 12.5. The molecular weight excluding hydrogens is 330 g/mol. The average Bonchev–Trinajstić information content (AvgIpc) is 2.42. The molecule has 11 N–H and O–H groups in total. The Hall–Kier alpha value is -3.00. The van der Waals surface area contributed by atoms with E-state index >= 15 is 0 Å². The smallest absolute Gasteiger partial charge is 0.321 e. The van der Waals surface area contributed by atoms with Crippen molar-refractivity contribution in [3.8, 4) is 0 Å². The van der Waals surface area contributed by atoms with Gasteiger partial charge < -0.3 is 33.1 Å². The summed E-state index contributed by atoms with van der Waals surface area (Å²) in [5.41, 5.74) is 21.5. The zero-order valence-corrected chi connectivity index (χ0v) is 12.6. The van der Waals surface area contributed by atoms with Crippen molar-refractivity contribution in [1.82, 2.24) is 5.43 Å². The maximum atomic E-state index is 10.3. The highest BCUT2D eigenvalue weighted by molar-refractivity contribution is 5.83. The SMILES string of the molecule is NC(=NCCC[C@H](N)C(=O)O)N[N+](=O)[O-].NC(=O)C[C@@H](N)C(=O)O. The molecule has 0 aromatic rings. The lowest BCUT2D eigenvalue weighted by molar-refractivity contribution is -0.525. The predicted molar refractivity (Wildman–Crippen MR) is 80.9 cm³/mol. The van der Waals surface area contributed by atoms with Crippen molar-refractivity contribution in [3.63, 3.8) is 0 Å². The molecule has 0 saturated heterocycles. The first-order valence-corrected chi connectivity index (χ1v) is 6.43. The molecule has 0 fully saturated rings. The summed E-state index contributed by atoms with van der Waals surface area (Å²) in [5, 5.41) is 25.6. The molecule has 2 atom stereocenters. The molecule has 0 radical (unpaired) electrons. The Bertz CT molecular complexity index is 482. The van der Waals surface area contributed by atoms with Gasteiger partial charge in [-0.25, -0.2) is 15.1 Å². The lowest BCUT2D eigenvalue weighted by Crippen LogP contribution is -2.36. The molecule has 0 heterocycles. The van der Waals surface area contributed by atoms with Crippen LogP contribution in [0.2, 0.25) is 0 Å². The molecule has 14 heteroatoms. The van der Waals surface area contributed by atoms with E-state index < -0.39 is 35.0 Å². The van der Waals surface area contributed by atoms with E-state index in [0.29, 0.717) is 6.42 Å². The molecule has 0 aromatic heterocycles. The van der Waals surface area contributed by atoms with Crippen molar-refractivity contribution in [2.75, 3.05) is 6.54 Å². The highest BCUT2D eigenvalue weighted by Crippen LogP contribution is 1.94. The number of hydrogen-bond acceptors (Lipinski definition) is 8. The van der Waals surface area contributed by atoms with Crippen LogP contribution in [0.15, 0.2) is 4.99 Å². The van der Waals surface area contributed by atoms with Crippen molar-refractivity contribution in [3.05, 3.63) is 10.1 Å². The third kappa shape index (κ3) is 15.4. The Morgan fingerprint density at radius 1 is 1.12 bits per heavy atom. The fourth-order valence-corrected chi connectivity index (χ4v) is 1.07. The van der Waals surface area contributed by atoms with Gasteiger partial charge in [0.2, 0.25) is 5.91 Å². The van der Waals surface area contributed by atoms with Gasteiger partial charge in [0.05, 0.1) is 6.42 Å². The zero-order valence-electron chi connectivity index (χ0n) is 12.6. The summed E-state index contributed by atoms with van der Waals surface area (Å²) in [6, 6.07) is -2.10. The zero-order chi connectivity index (χ0) is 19.3. The van der Waals surface area contributed by atoms with Crippen molar-refractivity contribution in [2.45, 2.75) is 31.3 Å². The molecule has 0 aliphatic heterocycles. The van der Waals surface area contributed by atoms with E-state index in [0.717, 1.165) is 0 Å². The van der Waals surface area contributed by atoms with Gasteiger partial charge in [0.1, 0.15) is 12.1 Å². The number of nitrogens with two attached hydrogens (primary N) is 4. The summed E-state index contributed by atoms with van der Waals surface area (Å²) in [7, 11) is 0. The van der Waals surface area contributed by atoms with Crippen molar-refractivity contribution in [1.29, 1.82) is 0 Å². The predicted octanol–water partition coefficient (Wildman–Crippen LogP) is -3.45. The number of aliphatic carboxylic acids is 2. The Morgan fingerprint density at radius 2 is 1.62 bits per heavy atom. The van der Waals surface area contributed by atoms with Crippen molar-refractivity contribution in [2.24, 2.45) is 27.9 Å². The van der Waals surface area contributed by atoms with E-state index in [4.69, 9.17) is 27.4 Å². The highest BCUT2D eigenvalue weighted by Gasteiger charge is 2.13. The average molecular weight is 351 g/mol. The van der Waals surface area contributed by atoms with Gasteiger partial charge in [0.15, 0.2) is 5.03 Å². The van der Waals surface area contributed by atoms with E-state index in [1.807, 2.05) is 0 Å². The number of amides is 1. The minimum absolute atomic E-state index is 0.188. The van der Waals surface area contributed by atoms with Gasteiger partial charge in [-0.1, -0.05) is 5.43 Å². The van der Waals surface area contributed by atoms with E-state index in [2.05, 4.69) is 10.7 Å². The number of hydrazine groups is 1. The number of nitrogens with zero attached hydrogens (tertiary/aromatic N) is 2. The second-order valence-corrected chi connectivity index (χ2v) is 4.34. The summed E-state index contributed by atoms with van der Waals surface area (Å²) >= 11 is 0. The number of primary amides is 1. The molecule has 138 valence electrons. The lowest BCUT2D eigenvalue weighted by atomic mass is 10.2. The number of rotatable bonds is 9. The molecule has 0 aliphatic carbocycles. The summed E-state index contributed by atoms with van der Waals surface area (Å²) in [6.07, 6.45) is 0.327. The van der Waals surface area contributed by atoms with Crippen LogP contribution in [0.4, 0.5) is 0 Å². The first kappa shape index (κ1) is 23.3. The number of guanidine groups is 1. The van der Waals surface area contributed by atoms with Crippen LogP contribution < -0.4 is 28.4 Å². The summed E-state index contributed by atoms with van der Waals surface area (Å²) in [5.74, 6) is -3.32. The Labute approximate surface area is 136 Å². The van der Waals surface area contributed by atoms with E-state index in [-0.39, 0.29) is 25.3 Å². The Morgan fingerprint density at radius 3 is 1.96 bits per heavy atom. The number of carbonyl (C=O) groups is 3. The van der Waals surface area contributed by atoms with Gasteiger partial charge in [0, 0.05) is 6.54 Å². The minimum Gasteiger partial charge on any atom is -0.480 e. The van der Waals surface area contributed by atoms with Gasteiger partial charge >= 0.3 is 11.9 Å². The normalized spacial score (nSPS) is 13.0. The van der Waals surface area contributed by atoms with Crippen LogP contribution in [0.3, 0.4) is 0 Å². The maximum absolute atomic E-state index is 10.3. The highest BCUT2D eigenvalue weighted by atomic mass is 16.7. The van der Waals surface area contributed by atoms with E-state index in [1.165, 1.54) is 0 Å². The van der Waals surface area contributed by atoms with Gasteiger partial charge in [-0.05, 0) is 12.8 Å². The molecule has 0 unspecified atom stereocenters. The third-order valence-electron chi connectivity index (χ3n) is 2.22. The molecule has 24 heavy (non-hydrogen) atoms. The van der Waals surface area contributed by atoms with E-state index in [9.17, 15) is 24.5 Å². The largest absolute Gasteiger partial charge is 0.480 e. The quantitative estimate of drug-likeness (QED) is 0.0705. The molecule has 0 aliphatic rings. The summed E-state index contributed by atoms with van der Waals surface area (Å²) in [6.45, 7) is 0.188. The Balaban J connectivity index is 0. The molecule has 0 aromatic carbocycles. The summed E-state index contributed by atoms with van der Waals surface area (Å²) < 4.78 is 0. The third-order valence-corrected chi connectivity index (χ3v) is 2.22. The number of hydrogen-bond donors (Lipinski definition) is 7.